The summed E-state index contributed by atoms with van der Waals surface area (Å²) in [6.07, 6.45) is 0.367. The number of hydrogen-bond donors (Lipinski definition) is 3. The first-order chi connectivity index (χ1) is 9.21. The zero-order valence-corrected chi connectivity index (χ0v) is 13.5. The molecule has 0 saturated carbocycles. The van der Waals surface area contributed by atoms with Crippen LogP contribution in [0.4, 0.5) is 11.6 Å². The molecule has 0 saturated heterocycles. The Labute approximate surface area is 122 Å². The molecule has 114 valence electrons. The summed E-state index contributed by atoms with van der Waals surface area (Å²) in [5.74, 6) is 2.60. The molecule has 1 atom stereocenters. The Hall–Kier alpha value is -1.36. The Balaban J connectivity index is 2.70. The molecule has 20 heavy (non-hydrogen) atoms. The lowest BCUT2D eigenvalue weighted by Gasteiger charge is -2.22. The van der Waals surface area contributed by atoms with Gasteiger partial charge in [-0.15, -0.1) is 0 Å². The maximum absolute atomic E-state index is 10.0. The van der Waals surface area contributed by atoms with Crippen LogP contribution in [0.5, 0.6) is 0 Å². The maximum atomic E-state index is 10.0. The Kier molecular flexibility index (Phi) is 5.74. The summed E-state index contributed by atoms with van der Waals surface area (Å²) in [6.45, 7) is 11.0. The second-order valence-electron chi connectivity index (χ2n) is 6.70. The average Bonchev–Trinajstić information content (AvgIpc) is 2.33. The molecule has 1 heterocycles. The molecule has 1 aromatic rings. The molecular weight excluding hydrogens is 252 g/mol. The summed E-state index contributed by atoms with van der Waals surface area (Å²) in [7, 11) is 1.84. The van der Waals surface area contributed by atoms with E-state index in [1.165, 1.54) is 0 Å². The molecule has 1 rings (SSSR count). The third kappa shape index (κ3) is 5.74. The van der Waals surface area contributed by atoms with Crippen LogP contribution in [0.15, 0.2) is 6.07 Å². The zero-order valence-electron chi connectivity index (χ0n) is 13.5. The summed E-state index contributed by atoms with van der Waals surface area (Å²) in [5, 5.41) is 16.3. The molecule has 0 radical (unpaired) electrons. The van der Waals surface area contributed by atoms with E-state index in [4.69, 9.17) is 0 Å². The lowest BCUT2D eigenvalue weighted by molar-refractivity contribution is 0.132. The Morgan fingerprint density at radius 3 is 2.30 bits per heavy atom. The van der Waals surface area contributed by atoms with Gasteiger partial charge in [-0.25, -0.2) is 9.97 Å². The highest BCUT2D eigenvalue weighted by Crippen LogP contribution is 2.21. The van der Waals surface area contributed by atoms with Crippen LogP contribution >= 0.6 is 0 Å². The van der Waals surface area contributed by atoms with Gasteiger partial charge in [0.25, 0.3) is 0 Å². The molecule has 0 aliphatic heterocycles. The topological polar surface area (TPSA) is 70.1 Å². The van der Waals surface area contributed by atoms with Gasteiger partial charge in [0.15, 0.2) is 0 Å². The van der Waals surface area contributed by atoms with Crippen molar-refractivity contribution in [1.29, 1.82) is 0 Å². The maximum Gasteiger partial charge on any atom is 0.135 e. The summed E-state index contributed by atoms with van der Waals surface area (Å²) in [4.78, 5) is 8.89. The standard InChI is InChI=1S/C15H28N4O/c1-10(2)14-18-12(16-6)7-13(19-14)17-9-11(20)8-15(3,4)5/h7,10-11,20H,8-9H2,1-6H3,(H2,16,17,18,19). The van der Waals surface area contributed by atoms with E-state index in [-0.39, 0.29) is 17.4 Å². The van der Waals surface area contributed by atoms with Crippen molar-refractivity contribution in [2.75, 3.05) is 24.2 Å². The van der Waals surface area contributed by atoms with E-state index in [0.29, 0.717) is 6.54 Å². The Morgan fingerprint density at radius 2 is 1.80 bits per heavy atom. The van der Waals surface area contributed by atoms with Gasteiger partial charge >= 0.3 is 0 Å². The monoisotopic (exact) mass is 280 g/mol. The molecule has 5 nitrogen and oxygen atoms in total. The Morgan fingerprint density at radius 1 is 1.20 bits per heavy atom. The van der Waals surface area contributed by atoms with Crippen LogP contribution < -0.4 is 10.6 Å². The predicted molar refractivity (Wildman–Crippen MR) is 84.2 cm³/mol. The number of aromatic nitrogens is 2. The fourth-order valence-electron chi connectivity index (χ4n) is 1.94. The largest absolute Gasteiger partial charge is 0.391 e. The van der Waals surface area contributed by atoms with Gasteiger partial charge in [0.2, 0.25) is 0 Å². The summed E-state index contributed by atoms with van der Waals surface area (Å²) >= 11 is 0. The van der Waals surface area contributed by atoms with E-state index >= 15 is 0 Å². The normalized spacial score (nSPS) is 13.4. The van der Waals surface area contributed by atoms with Crippen LogP contribution in [0.1, 0.15) is 52.8 Å². The van der Waals surface area contributed by atoms with Crippen LogP contribution in [0.25, 0.3) is 0 Å². The summed E-state index contributed by atoms with van der Waals surface area (Å²) < 4.78 is 0. The molecule has 3 N–H and O–H groups in total. The third-order valence-electron chi connectivity index (χ3n) is 2.88. The quantitative estimate of drug-likeness (QED) is 0.747. The lowest BCUT2D eigenvalue weighted by Crippen LogP contribution is -2.25. The van der Waals surface area contributed by atoms with Gasteiger partial charge in [0.05, 0.1) is 6.10 Å². The fraction of sp³-hybridized carbons (Fsp3) is 0.733. The fourth-order valence-corrected chi connectivity index (χ4v) is 1.94. The first kappa shape index (κ1) is 16.7. The predicted octanol–water partition coefficient (Wildman–Crippen LogP) is 2.85. The third-order valence-corrected chi connectivity index (χ3v) is 2.88. The lowest BCUT2D eigenvalue weighted by atomic mass is 9.89. The van der Waals surface area contributed by atoms with Crippen molar-refractivity contribution in [1.82, 2.24) is 9.97 Å². The van der Waals surface area contributed by atoms with Gasteiger partial charge in [-0.3, -0.25) is 0 Å². The van der Waals surface area contributed by atoms with Crippen LogP contribution in [-0.2, 0) is 0 Å². The van der Waals surface area contributed by atoms with Gasteiger partial charge in [-0.05, 0) is 11.8 Å². The van der Waals surface area contributed by atoms with Gasteiger partial charge in [-0.1, -0.05) is 34.6 Å². The van der Waals surface area contributed by atoms with E-state index < -0.39 is 0 Å². The van der Waals surface area contributed by atoms with Crippen LogP contribution in [0.2, 0.25) is 0 Å². The van der Waals surface area contributed by atoms with Crippen molar-refractivity contribution < 1.29 is 5.11 Å². The van der Waals surface area contributed by atoms with E-state index in [9.17, 15) is 5.11 Å². The van der Waals surface area contributed by atoms with Crippen molar-refractivity contribution in [3.8, 4) is 0 Å². The van der Waals surface area contributed by atoms with Gasteiger partial charge in [0.1, 0.15) is 17.5 Å². The van der Waals surface area contributed by atoms with Crippen molar-refractivity contribution in [2.45, 2.75) is 53.1 Å². The minimum atomic E-state index is -0.384. The molecule has 0 amide bonds. The van der Waals surface area contributed by atoms with Gasteiger partial charge in [0, 0.05) is 25.6 Å². The number of nitrogens with zero attached hydrogens (tertiary/aromatic N) is 2. The number of nitrogens with one attached hydrogen (secondary N) is 2. The number of aliphatic hydroxyl groups is 1. The van der Waals surface area contributed by atoms with Crippen LogP contribution in [-0.4, -0.2) is 34.8 Å². The number of anilines is 2. The number of aliphatic hydroxyl groups excluding tert-OH is 1. The highest BCUT2D eigenvalue weighted by atomic mass is 16.3. The van der Waals surface area contributed by atoms with Crippen molar-refractivity contribution in [3.63, 3.8) is 0 Å². The minimum Gasteiger partial charge on any atom is -0.391 e. The summed E-state index contributed by atoms with van der Waals surface area (Å²) in [6, 6.07) is 1.86. The second kappa shape index (κ2) is 6.88. The minimum absolute atomic E-state index is 0.117. The SMILES string of the molecule is CNc1cc(NCC(O)CC(C)(C)C)nc(C(C)C)n1. The molecule has 0 aliphatic rings. The molecule has 1 aromatic heterocycles. The first-order valence-electron chi connectivity index (χ1n) is 7.20. The first-order valence-corrected chi connectivity index (χ1v) is 7.20. The van der Waals surface area contributed by atoms with Crippen molar-refractivity contribution >= 4 is 11.6 Å². The smallest absolute Gasteiger partial charge is 0.135 e. The summed E-state index contributed by atoms with van der Waals surface area (Å²) in [5.41, 5.74) is 0.117. The molecule has 0 bridgehead atoms. The van der Waals surface area contributed by atoms with E-state index in [1.807, 2.05) is 13.1 Å². The molecular formula is C15H28N4O. The average molecular weight is 280 g/mol. The van der Waals surface area contributed by atoms with Crippen LogP contribution in [0, 0.1) is 5.41 Å². The molecule has 0 aromatic carbocycles. The van der Waals surface area contributed by atoms with E-state index in [0.717, 1.165) is 23.9 Å². The van der Waals surface area contributed by atoms with E-state index in [2.05, 4.69) is 55.2 Å². The van der Waals surface area contributed by atoms with Crippen LogP contribution in [0.3, 0.4) is 0 Å². The van der Waals surface area contributed by atoms with E-state index in [1.54, 1.807) is 0 Å². The molecule has 5 heteroatoms. The van der Waals surface area contributed by atoms with Crippen molar-refractivity contribution in [3.05, 3.63) is 11.9 Å². The number of rotatable bonds is 6. The zero-order chi connectivity index (χ0) is 15.3. The van der Waals surface area contributed by atoms with Gasteiger partial charge in [-0.2, -0.15) is 0 Å². The van der Waals surface area contributed by atoms with Crippen molar-refractivity contribution in [2.24, 2.45) is 5.41 Å². The Bertz CT molecular complexity index is 426. The molecule has 0 aliphatic carbocycles. The highest BCUT2D eigenvalue weighted by molar-refractivity contribution is 5.47. The molecule has 0 fully saturated rings. The van der Waals surface area contributed by atoms with Gasteiger partial charge < -0.3 is 15.7 Å². The second-order valence-corrected chi connectivity index (χ2v) is 6.70. The highest BCUT2D eigenvalue weighted by Gasteiger charge is 2.17. The molecule has 0 spiro atoms. The number of hydrogen-bond acceptors (Lipinski definition) is 5. The molecule has 1 unspecified atom stereocenters.